The van der Waals surface area contributed by atoms with Gasteiger partial charge in [0.05, 0.1) is 0 Å². The van der Waals surface area contributed by atoms with E-state index in [2.05, 4.69) is 6.92 Å². The average molecular weight is 353 g/mol. The number of anilines is 1. The third-order valence-electron chi connectivity index (χ3n) is 1.06. The van der Waals surface area contributed by atoms with Crippen LogP contribution in [-0.4, -0.2) is 5.48 Å². The quantitative estimate of drug-likeness (QED) is 0.540. The molecule has 0 unspecified atom stereocenters. The van der Waals surface area contributed by atoms with Gasteiger partial charge in [0.15, 0.2) is 0 Å². The van der Waals surface area contributed by atoms with Crippen LogP contribution in [0.2, 0.25) is 0 Å². The Morgan fingerprint density at radius 1 is 1.08 bits per heavy atom. The second-order valence-corrected chi connectivity index (χ2v) is 1.70. The van der Waals surface area contributed by atoms with E-state index in [1.54, 1.807) is 0 Å². The smallest absolute Gasteiger partial charge is 0 e. The monoisotopic (exact) mass is 353 g/mol. The predicted molar refractivity (Wildman–Crippen MR) is 38.9 cm³/mol. The van der Waals surface area contributed by atoms with Gasteiger partial charge < -0.3 is 11.2 Å². The third kappa shape index (κ3) is 8.25. The molecule has 1 aromatic carbocycles. The molecule has 12 heavy (non-hydrogen) atoms. The molecule has 0 bridgehead atoms. The molecule has 0 atom stereocenters. The van der Waals surface area contributed by atoms with Crippen molar-refractivity contribution in [2.45, 2.75) is 0 Å². The molecule has 0 spiro atoms. The summed E-state index contributed by atoms with van der Waals surface area (Å²) in [5, 5.41) is 0. The van der Waals surface area contributed by atoms with E-state index in [9.17, 15) is 0 Å². The van der Waals surface area contributed by atoms with Crippen molar-refractivity contribution in [3.8, 4) is 0 Å². The largest absolute Gasteiger partial charge is 0.449 e. The Kier molecular flexibility index (Phi) is 24.7. The molecule has 4 N–H and O–H groups in total. The van der Waals surface area contributed by atoms with Crippen molar-refractivity contribution >= 4 is 5.69 Å². The molecule has 0 aliphatic heterocycles. The summed E-state index contributed by atoms with van der Waals surface area (Å²) in [5.41, 5.74) is 7.11. The van der Waals surface area contributed by atoms with Gasteiger partial charge in [0.25, 0.3) is 0 Å². The molecule has 0 aromatic heterocycles. The molecule has 0 fully saturated rings. The van der Waals surface area contributed by atoms with E-state index in [1.165, 1.54) is 0 Å². The Hall–Kier alpha value is 1.64. The molecule has 0 amide bonds. The number of para-hydroxylation sites is 1. The summed E-state index contributed by atoms with van der Waals surface area (Å²) >= 11 is 0. The molecule has 0 aliphatic carbocycles. The summed E-state index contributed by atoms with van der Waals surface area (Å²) in [5.74, 6) is 0. The summed E-state index contributed by atoms with van der Waals surface area (Å²) in [6.07, 6.45) is 0. The summed E-state index contributed by atoms with van der Waals surface area (Å²) < 4.78 is 0. The van der Waals surface area contributed by atoms with Gasteiger partial charge in [-0.05, 0) is 0 Å². The molecule has 3 radical (unpaired) electrons. The topological polar surface area (TPSA) is 57.5 Å². The van der Waals surface area contributed by atoms with Crippen LogP contribution in [0.3, 0.4) is 0 Å². The van der Waals surface area contributed by atoms with E-state index in [1.807, 2.05) is 24.3 Å². The fourth-order valence-corrected chi connectivity index (χ4v) is 0.534. The van der Waals surface area contributed by atoms with Crippen molar-refractivity contribution < 1.29 is 89.5 Å². The number of hydrogen-bond acceptors (Lipinski definition) is 1. The van der Waals surface area contributed by atoms with Crippen LogP contribution < -0.4 is 5.73 Å². The summed E-state index contributed by atoms with van der Waals surface area (Å²) in [4.78, 5) is 0. The van der Waals surface area contributed by atoms with Crippen LogP contribution in [0.5, 0.6) is 0 Å². The molecule has 2 nitrogen and oxygen atoms in total. The molecule has 1 rings (SSSR count). The van der Waals surface area contributed by atoms with E-state index in [0.717, 1.165) is 11.3 Å². The van der Waals surface area contributed by atoms with Gasteiger partial charge in [-0.25, -0.2) is 0 Å². The first kappa shape index (κ1) is 23.5. The van der Waals surface area contributed by atoms with Gasteiger partial charge in [-0.1, -0.05) is 17.8 Å². The maximum absolute atomic E-state index is 5.46. The van der Waals surface area contributed by atoms with Gasteiger partial charge in [-0.3, -0.25) is 0 Å². The molecule has 61 valence electrons. The van der Waals surface area contributed by atoms with Crippen LogP contribution in [0.4, 0.5) is 5.69 Å². The SMILES string of the molecule is O.[CH2-]c1ccccc1N.[V].[Y].[Y]. The Balaban J connectivity index is -0.0000000800. The molecule has 0 saturated heterocycles. The molecule has 0 saturated carbocycles. The normalized spacial score (nSPS) is 6.00. The predicted octanol–water partition coefficient (Wildman–Crippen LogP) is 0.619. The number of hydrogen-bond donors (Lipinski definition) is 1. The number of rotatable bonds is 0. The Bertz CT molecular complexity index is 178. The van der Waals surface area contributed by atoms with Crippen LogP contribution in [0.1, 0.15) is 5.56 Å². The van der Waals surface area contributed by atoms with Crippen molar-refractivity contribution in [1.82, 2.24) is 0 Å². The first-order valence-corrected chi connectivity index (χ1v) is 2.47. The molecule has 1 aromatic rings. The molecular weight excluding hydrogens is 343 g/mol. The second-order valence-electron chi connectivity index (χ2n) is 1.70. The van der Waals surface area contributed by atoms with Crippen molar-refractivity contribution in [3.05, 3.63) is 36.8 Å². The van der Waals surface area contributed by atoms with Gasteiger partial charge in [0, 0.05) is 84.0 Å². The zero-order valence-corrected chi connectivity index (χ0v) is 13.8. The van der Waals surface area contributed by atoms with Gasteiger partial charge in [-0.15, -0.1) is 6.07 Å². The maximum Gasteiger partial charge on any atom is 0 e. The third-order valence-corrected chi connectivity index (χ3v) is 1.06. The summed E-state index contributed by atoms with van der Waals surface area (Å²) in [6, 6.07) is 7.53. The van der Waals surface area contributed by atoms with Crippen molar-refractivity contribution in [2.24, 2.45) is 0 Å². The number of nitrogen functional groups attached to an aromatic ring is 1. The van der Waals surface area contributed by atoms with Gasteiger partial charge in [0.1, 0.15) is 0 Å². The fraction of sp³-hybridized carbons (Fsp3) is 0. The van der Waals surface area contributed by atoms with E-state index >= 15 is 0 Å². The first-order valence-electron chi connectivity index (χ1n) is 2.47. The molecular formula is C7H10NOVY2-. The van der Waals surface area contributed by atoms with Gasteiger partial charge >= 0.3 is 0 Å². The second kappa shape index (κ2) is 12.6. The summed E-state index contributed by atoms with van der Waals surface area (Å²) in [7, 11) is 0. The van der Waals surface area contributed by atoms with Crippen LogP contribution in [-0.2, 0) is 84.0 Å². The van der Waals surface area contributed by atoms with Crippen molar-refractivity contribution in [3.63, 3.8) is 0 Å². The zero-order chi connectivity index (χ0) is 5.98. The van der Waals surface area contributed by atoms with Crippen molar-refractivity contribution in [2.75, 3.05) is 5.73 Å². The Morgan fingerprint density at radius 3 is 1.75 bits per heavy atom. The van der Waals surface area contributed by atoms with Crippen LogP contribution in [0.15, 0.2) is 24.3 Å². The number of nitrogens with two attached hydrogens (primary N) is 1. The van der Waals surface area contributed by atoms with E-state index < -0.39 is 0 Å². The molecule has 0 aliphatic rings. The van der Waals surface area contributed by atoms with Gasteiger partial charge in [-0.2, -0.15) is 18.6 Å². The van der Waals surface area contributed by atoms with Crippen LogP contribution >= 0.6 is 0 Å². The number of benzene rings is 1. The minimum atomic E-state index is 0. The molecule has 0 heterocycles. The molecule has 5 heteroatoms. The van der Waals surface area contributed by atoms with Gasteiger partial charge in [0.2, 0.25) is 0 Å². The average Bonchev–Trinajstić information content (AvgIpc) is 1.77. The fourth-order valence-electron chi connectivity index (χ4n) is 0.534. The Morgan fingerprint density at radius 2 is 1.50 bits per heavy atom. The van der Waals surface area contributed by atoms with E-state index in [4.69, 9.17) is 5.73 Å². The van der Waals surface area contributed by atoms with E-state index in [0.29, 0.717) is 0 Å². The van der Waals surface area contributed by atoms with Crippen molar-refractivity contribution in [1.29, 1.82) is 0 Å². The minimum absolute atomic E-state index is 0. The van der Waals surface area contributed by atoms with Crippen LogP contribution in [0, 0.1) is 6.92 Å². The van der Waals surface area contributed by atoms with E-state index in [-0.39, 0.29) is 89.5 Å². The standard InChI is InChI=1S/C7H8N.H2O.V.2Y/c1-6-4-2-3-5-7(6)8;;;;/h2-5H,1,8H2;1H2;;;/q-1;;;;. The van der Waals surface area contributed by atoms with Crippen LogP contribution in [0.25, 0.3) is 0 Å². The Labute approximate surface area is 135 Å². The zero-order valence-electron chi connectivity index (χ0n) is 6.70. The summed E-state index contributed by atoms with van der Waals surface area (Å²) in [6.45, 7) is 3.70. The minimum Gasteiger partial charge on any atom is -0.449 e. The first-order chi connectivity index (χ1) is 3.80. The maximum atomic E-state index is 5.46.